The highest BCUT2D eigenvalue weighted by Gasteiger charge is 1.79. The lowest BCUT2D eigenvalue weighted by Gasteiger charge is -1.90. The Morgan fingerprint density at radius 3 is 1.80 bits per heavy atom. The first-order valence-electron chi connectivity index (χ1n) is 3.40. The molecule has 52 valence electrons. The van der Waals surface area contributed by atoms with Crippen LogP contribution in [0.3, 0.4) is 0 Å². The van der Waals surface area contributed by atoms with Crippen molar-refractivity contribution in [3.05, 3.63) is 24.3 Å². The van der Waals surface area contributed by atoms with Gasteiger partial charge in [0, 0.05) is 0 Å². The van der Waals surface area contributed by atoms with Crippen LogP contribution < -0.4 is 10.8 Å². The number of benzene rings is 1. The Balaban J connectivity index is 0.000000371. The van der Waals surface area contributed by atoms with Crippen molar-refractivity contribution in [1.82, 2.24) is 0 Å². The lowest BCUT2D eigenvalue weighted by atomic mass is 9.97. The van der Waals surface area contributed by atoms with Crippen LogP contribution in [0.2, 0.25) is 0 Å². The molecule has 0 N–H and O–H groups in total. The molecule has 0 spiro atoms. The summed E-state index contributed by atoms with van der Waals surface area (Å²) in [4.78, 5) is 0. The van der Waals surface area contributed by atoms with E-state index in [4.69, 9.17) is 7.85 Å². The summed E-state index contributed by atoms with van der Waals surface area (Å²) < 4.78 is 0. The molecule has 1 atom stereocenters. The molecule has 0 bridgehead atoms. The highest BCUT2D eigenvalue weighted by molar-refractivity contribution is 7.27. The summed E-state index contributed by atoms with van der Waals surface area (Å²) in [6.07, 6.45) is 0. The van der Waals surface area contributed by atoms with Gasteiger partial charge in [0.15, 0.2) is 0 Å². The molecule has 0 aliphatic heterocycles. The van der Waals surface area contributed by atoms with Crippen LogP contribution in [-0.2, 0) is 0 Å². The lowest BCUT2D eigenvalue weighted by Crippen LogP contribution is -2.03. The molecule has 0 heterocycles. The SMILES string of the molecule is CC.[B]c1ccc(P)cc1. The van der Waals surface area contributed by atoms with Crippen molar-refractivity contribution in [1.29, 1.82) is 0 Å². The second kappa shape index (κ2) is 5.50. The molecular weight excluding hydrogens is 138 g/mol. The third kappa shape index (κ3) is 3.69. The van der Waals surface area contributed by atoms with Gasteiger partial charge in [-0.05, 0) is 5.30 Å². The highest BCUT2D eigenvalue weighted by atomic mass is 31.0. The first kappa shape index (κ1) is 9.71. The first-order chi connectivity index (χ1) is 4.79. The summed E-state index contributed by atoms with van der Waals surface area (Å²) in [5, 5.41) is 1.17. The van der Waals surface area contributed by atoms with Crippen LogP contribution >= 0.6 is 9.24 Å². The molecule has 1 rings (SSSR count). The maximum Gasteiger partial charge on any atom is 0.113 e. The summed E-state index contributed by atoms with van der Waals surface area (Å²) >= 11 is 0. The van der Waals surface area contributed by atoms with Gasteiger partial charge in [-0.15, -0.1) is 9.24 Å². The van der Waals surface area contributed by atoms with Crippen LogP contribution in [0.25, 0.3) is 0 Å². The van der Waals surface area contributed by atoms with Gasteiger partial charge in [-0.2, -0.15) is 0 Å². The quantitative estimate of drug-likeness (QED) is 0.382. The molecule has 1 aromatic carbocycles. The van der Waals surface area contributed by atoms with Crippen molar-refractivity contribution < 1.29 is 0 Å². The van der Waals surface area contributed by atoms with Gasteiger partial charge in [0.25, 0.3) is 0 Å². The third-order valence-corrected chi connectivity index (χ3v) is 1.32. The fraction of sp³-hybridized carbons (Fsp3) is 0.250. The van der Waals surface area contributed by atoms with E-state index in [0.29, 0.717) is 0 Å². The smallest absolute Gasteiger partial charge is 0.106 e. The minimum Gasteiger partial charge on any atom is -0.106 e. The summed E-state index contributed by atoms with van der Waals surface area (Å²) in [6.45, 7) is 4.00. The van der Waals surface area contributed by atoms with Crippen molar-refractivity contribution in [3.8, 4) is 0 Å². The van der Waals surface area contributed by atoms with E-state index < -0.39 is 0 Å². The maximum atomic E-state index is 5.42. The molecule has 2 radical (unpaired) electrons. The van der Waals surface area contributed by atoms with E-state index in [0.717, 1.165) is 5.46 Å². The van der Waals surface area contributed by atoms with Crippen LogP contribution in [0.5, 0.6) is 0 Å². The molecule has 1 unspecified atom stereocenters. The summed E-state index contributed by atoms with van der Waals surface area (Å²) in [6, 6.07) is 7.67. The van der Waals surface area contributed by atoms with Gasteiger partial charge in [-0.1, -0.05) is 43.6 Å². The van der Waals surface area contributed by atoms with Crippen molar-refractivity contribution in [2.75, 3.05) is 0 Å². The monoisotopic (exact) mass is 150 g/mol. The van der Waals surface area contributed by atoms with Crippen LogP contribution in [0.4, 0.5) is 0 Å². The van der Waals surface area contributed by atoms with E-state index in [1.807, 2.05) is 38.1 Å². The molecule has 0 aliphatic carbocycles. The predicted octanol–water partition coefficient (Wildman–Crippen LogP) is 1.01. The Hall–Kier alpha value is -0.285. The zero-order valence-corrected chi connectivity index (χ0v) is 7.62. The molecule has 10 heavy (non-hydrogen) atoms. The molecule has 2 heteroatoms. The second-order valence-corrected chi connectivity index (χ2v) is 2.33. The molecule has 0 aliphatic rings. The van der Waals surface area contributed by atoms with E-state index in [2.05, 4.69) is 9.24 Å². The summed E-state index contributed by atoms with van der Waals surface area (Å²) in [7, 11) is 8.01. The largest absolute Gasteiger partial charge is 0.113 e. The minimum atomic E-state index is 0.816. The Kier molecular flexibility index (Phi) is 5.34. The van der Waals surface area contributed by atoms with Crippen molar-refractivity contribution in [3.63, 3.8) is 0 Å². The molecular formula is C8H12BP. The fourth-order valence-corrected chi connectivity index (χ4v) is 0.688. The zero-order chi connectivity index (χ0) is 7.98. The molecule has 0 aromatic heterocycles. The normalized spacial score (nSPS) is 7.90. The Morgan fingerprint density at radius 1 is 1.10 bits per heavy atom. The maximum absolute atomic E-state index is 5.42. The average molecular weight is 150 g/mol. The Bertz CT molecular complexity index is 148. The lowest BCUT2D eigenvalue weighted by molar-refractivity contribution is 1.50. The average Bonchev–Trinajstić information content (AvgIpc) is 2.00. The van der Waals surface area contributed by atoms with Crippen molar-refractivity contribution in [2.24, 2.45) is 0 Å². The first-order valence-corrected chi connectivity index (χ1v) is 3.98. The number of rotatable bonds is 0. The molecule has 0 nitrogen and oxygen atoms in total. The van der Waals surface area contributed by atoms with E-state index in [1.165, 1.54) is 5.30 Å². The molecule has 1 aromatic rings. The second-order valence-electron chi connectivity index (χ2n) is 1.67. The number of hydrogen-bond donors (Lipinski definition) is 0. The zero-order valence-electron chi connectivity index (χ0n) is 6.46. The Labute approximate surface area is 66.6 Å². The van der Waals surface area contributed by atoms with Crippen molar-refractivity contribution >= 4 is 27.9 Å². The fourth-order valence-electron chi connectivity index (χ4n) is 0.496. The molecule has 0 fully saturated rings. The van der Waals surface area contributed by atoms with Gasteiger partial charge in [0.2, 0.25) is 0 Å². The van der Waals surface area contributed by atoms with Crippen LogP contribution in [-0.4, -0.2) is 7.85 Å². The van der Waals surface area contributed by atoms with Gasteiger partial charge >= 0.3 is 0 Å². The van der Waals surface area contributed by atoms with Gasteiger partial charge in [-0.25, -0.2) is 0 Å². The summed E-state index contributed by atoms with van der Waals surface area (Å²) in [5.74, 6) is 0. The van der Waals surface area contributed by atoms with E-state index in [-0.39, 0.29) is 0 Å². The van der Waals surface area contributed by atoms with Crippen LogP contribution in [0.15, 0.2) is 24.3 Å². The summed E-state index contributed by atoms with van der Waals surface area (Å²) in [5.41, 5.74) is 0.816. The van der Waals surface area contributed by atoms with Gasteiger partial charge in [-0.3, -0.25) is 0 Å². The van der Waals surface area contributed by atoms with Gasteiger partial charge < -0.3 is 0 Å². The molecule has 0 amide bonds. The molecule has 0 saturated heterocycles. The van der Waals surface area contributed by atoms with Gasteiger partial charge in [0.1, 0.15) is 7.85 Å². The minimum absolute atomic E-state index is 0.816. The van der Waals surface area contributed by atoms with Gasteiger partial charge in [0.05, 0.1) is 0 Å². The van der Waals surface area contributed by atoms with Crippen LogP contribution in [0.1, 0.15) is 13.8 Å². The Morgan fingerprint density at radius 2 is 1.50 bits per heavy atom. The topological polar surface area (TPSA) is 0 Å². The number of hydrogen-bond acceptors (Lipinski definition) is 0. The van der Waals surface area contributed by atoms with E-state index in [1.54, 1.807) is 0 Å². The van der Waals surface area contributed by atoms with E-state index >= 15 is 0 Å². The highest BCUT2D eigenvalue weighted by Crippen LogP contribution is 1.84. The third-order valence-electron chi connectivity index (χ3n) is 0.936. The van der Waals surface area contributed by atoms with Crippen molar-refractivity contribution in [2.45, 2.75) is 13.8 Å². The van der Waals surface area contributed by atoms with E-state index in [9.17, 15) is 0 Å². The standard InChI is InChI=1S/C6H6BP.C2H6/c7-5-1-3-6(8)4-2-5;1-2/h1-4H,8H2;1-2H3. The molecule has 0 saturated carbocycles. The predicted molar refractivity (Wildman–Crippen MR) is 52.5 cm³/mol. The van der Waals surface area contributed by atoms with Crippen LogP contribution in [0, 0.1) is 0 Å².